The van der Waals surface area contributed by atoms with E-state index in [1.807, 2.05) is 0 Å². The maximum absolute atomic E-state index is 12.8. The number of halogens is 1. The Bertz CT molecular complexity index is 252. The van der Waals surface area contributed by atoms with Gasteiger partial charge in [0, 0.05) is 13.5 Å². The number of carboxylic acids is 1. The molecular formula is C9H17FN2O3. The number of carboxylic acid groups (broad SMARTS) is 1. The Hall–Kier alpha value is -1.17. The summed E-state index contributed by atoms with van der Waals surface area (Å²) in [5.41, 5.74) is 4.03. The third-order valence-electron chi connectivity index (χ3n) is 2.22. The van der Waals surface area contributed by atoms with Crippen molar-refractivity contribution in [1.82, 2.24) is 5.12 Å². The van der Waals surface area contributed by atoms with E-state index in [-0.39, 0.29) is 12.5 Å². The average Bonchev–Trinajstić information content (AvgIpc) is 2.23. The number of carbonyl (C=O) groups is 2. The van der Waals surface area contributed by atoms with Gasteiger partial charge >= 0.3 is 5.97 Å². The van der Waals surface area contributed by atoms with Crippen LogP contribution < -0.4 is 5.73 Å². The van der Waals surface area contributed by atoms with Crippen molar-refractivity contribution < 1.29 is 19.2 Å². The molecule has 1 rings (SSSR count). The molecule has 0 aliphatic carbocycles. The van der Waals surface area contributed by atoms with Gasteiger partial charge in [-0.1, -0.05) is 13.8 Å². The quantitative estimate of drug-likeness (QED) is 0.632. The number of hydrogen-bond acceptors (Lipinski definition) is 3. The second-order valence-electron chi connectivity index (χ2n) is 4.21. The maximum Gasteiger partial charge on any atom is 0.324 e. The molecule has 1 amide bonds. The van der Waals surface area contributed by atoms with Crippen LogP contribution in [0, 0.1) is 5.41 Å². The second kappa shape index (κ2) is 5.06. The molecule has 1 saturated heterocycles. The van der Waals surface area contributed by atoms with E-state index in [1.54, 1.807) is 13.8 Å². The molecule has 6 heteroatoms. The van der Waals surface area contributed by atoms with Crippen molar-refractivity contribution in [2.75, 3.05) is 6.54 Å². The lowest BCUT2D eigenvalue weighted by Crippen LogP contribution is -2.39. The number of hydrogen-bond donors (Lipinski definition) is 2. The summed E-state index contributed by atoms with van der Waals surface area (Å²) >= 11 is 0. The minimum Gasteiger partial charge on any atom is -0.480 e. The van der Waals surface area contributed by atoms with Gasteiger partial charge in [-0.3, -0.25) is 9.59 Å². The predicted molar refractivity (Wildman–Crippen MR) is 52.5 cm³/mol. The van der Waals surface area contributed by atoms with Gasteiger partial charge in [-0.15, -0.1) is 9.60 Å². The molecule has 1 atom stereocenters. The van der Waals surface area contributed by atoms with Crippen LogP contribution in [0.2, 0.25) is 0 Å². The number of nitrogens with zero attached hydrogens (tertiary/aromatic N) is 1. The molecule has 0 radical (unpaired) electrons. The summed E-state index contributed by atoms with van der Waals surface area (Å²) in [7, 11) is 0. The molecular weight excluding hydrogens is 203 g/mol. The van der Waals surface area contributed by atoms with Crippen LogP contribution >= 0.6 is 0 Å². The van der Waals surface area contributed by atoms with Crippen molar-refractivity contribution in [2.45, 2.75) is 33.2 Å². The van der Waals surface area contributed by atoms with Crippen molar-refractivity contribution in [3.63, 3.8) is 0 Å². The molecule has 1 unspecified atom stereocenters. The SMILES string of the molecule is CC(N)=O.CC1(C)CCN(F)C1C(=O)O. The first-order chi connectivity index (χ1) is 6.68. The lowest BCUT2D eigenvalue weighted by atomic mass is 9.85. The largest absolute Gasteiger partial charge is 0.480 e. The molecule has 5 nitrogen and oxygen atoms in total. The van der Waals surface area contributed by atoms with E-state index in [4.69, 9.17) is 5.11 Å². The molecule has 1 aliphatic rings. The van der Waals surface area contributed by atoms with Crippen LogP contribution in [0.4, 0.5) is 4.48 Å². The lowest BCUT2D eigenvalue weighted by Gasteiger charge is -2.23. The van der Waals surface area contributed by atoms with Gasteiger partial charge in [0.2, 0.25) is 5.91 Å². The van der Waals surface area contributed by atoms with Gasteiger partial charge in [-0.2, -0.15) is 0 Å². The highest BCUT2D eigenvalue weighted by Crippen LogP contribution is 2.36. The number of amides is 1. The summed E-state index contributed by atoms with van der Waals surface area (Å²) in [6.07, 6.45) is 0.598. The molecule has 0 bridgehead atoms. The van der Waals surface area contributed by atoms with Crippen molar-refractivity contribution >= 4 is 11.9 Å². The van der Waals surface area contributed by atoms with Crippen LogP contribution in [-0.2, 0) is 9.59 Å². The molecule has 1 fully saturated rings. The third kappa shape index (κ3) is 4.24. The van der Waals surface area contributed by atoms with Crippen LogP contribution in [0.3, 0.4) is 0 Å². The van der Waals surface area contributed by atoms with Crippen molar-refractivity contribution in [2.24, 2.45) is 11.1 Å². The summed E-state index contributed by atoms with van der Waals surface area (Å²) in [6, 6.07) is -0.970. The molecule has 15 heavy (non-hydrogen) atoms. The monoisotopic (exact) mass is 220 g/mol. The molecule has 0 aromatic heterocycles. The highest BCUT2D eigenvalue weighted by atomic mass is 19.2. The summed E-state index contributed by atoms with van der Waals surface area (Å²) in [5.74, 6) is -1.41. The first-order valence-corrected chi connectivity index (χ1v) is 4.59. The molecule has 3 N–H and O–H groups in total. The molecule has 0 saturated carbocycles. The Morgan fingerprint density at radius 2 is 1.93 bits per heavy atom. The van der Waals surface area contributed by atoms with Crippen LogP contribution in [0.25, 0.3) is 0 Å². The number of aliphatic carboxylic acids is 1. The number of nitrogens with two attached hydrogens (primary N) is 1. The normalized spacial score (nSPS) is 24.1. The van der Waals surface area contributed by atoms with Gasteiger partial charge in [-0.25, -0.2) is 0 Å². The molecule has 88 valence electrons. The van der Waals surface area contributed by atoms with Gasteiger partial charge in [0.1, 0.15) is 6.04 Å². The Labute approximate surface area is 88.0 Å². The molecule has 0 aromatic carbocycles. The van der Waals surface area contributed by atoms with Crippen molar-refractivity contribution in [3.8, 4) is 0 Å². The highest BCUT2D eigenvalue weighted by Gasteiger charge is 2.45. The highest BCUT2D eigenvalue weighted by molar-refractivity contribution is 5.74. The van der Waals surface area contributed by atoms with Crippen LogP contribution in [-0.4, -0.2) is 34.7 Å². The van der Waals surface area contributed by atoms with E-state index in [0.717, 1.165) is 0 Å². The number of rotatable bonds is 1. The van der Waals surface area contributed by atoms with Gasteiger partial charge in [0.25, 0.3) is 0 Å². The topological polar surface area (TPSA) is 83.6 Å². The molecule has 0 spiro atoms. The number of primary amides is 1. The molecule has 1 aliphatic heterocycles. The van der Waals surface area contributed by atoms with E-state index in [9.17, 15) is 14.1 Å². The average molecular weight is 220 g/mol. The van der Waals surface area contributed by atoms with Crippen molar-refractivity contribution in [3.05, 3.63) is 0 Å². The Balaban J connectivity index is 0.000000423. The first-order valence-electron chi connectivity index (χ1n) is 4.59. The Kier molecular flexibility index (Phi) is 4.67. The smallest absolute Gasteiger partial charge is 0.324 e. The summed E-state index contributed by atoms with van der Waals surface area (Å²) in [4.78, 5) is 19.8. The maximum atomic E-state index is 12.8. The fraction of sp³-hybridized carbons (Fsp3) is 0.778. The van der Waals surface area contributed by atoms with E-state index in [2.05, 4.69) is 5.73 Å². The van der Waals surface area contributed by atoms with Gasteiger partial charge in [0.05, 0.1) is 0 Å². The zero-order valence-electron chi connectivity index (χ0n) is 9.16. The summed E-state index contributed by atoms with van der Waals surface area (Å²) < 4.78 is 12.8. The number of carbonyl (C=O) groups excluding carboxylic acids is 1. The standard InChI is InChI=1S/C7H12FNO2.C2H5NO/c1-7(2)3-4-9(8)5(7)6(10)11;1-2(3)4/h5H,3-4H2,1-2H3,(H,10,11);1H3,(H2,3,4). The van der Waals surface area contributed by atoms with Gasteiger partial charge in [-0.05, 0) is 11.8 Å². The Morgan fingerprint density at radius 3 is 2.07 bits per heavy atom. The van der Waals surface area contributed by atoms with E-state index >= 15 is 0 Å². The van der Waals surface area contributed by atoms with Crippen LogP contribution in [0.15, 0.2) is 0 Å². The summed E-state index contributed by atoms with van der Waals surface area (Å²) in [6.45, 7) is 5.07. The fourth-order valence-electron chi connectivity index (χ4n) is 1.49. The zero-order chi connectivity index (χ0) is 12.2. The van der Waals surface area contributed by atoms with Gasteiger partial charge < -0.3 is 10.8 Å². The van der Waals surface area contributed by atoms with Crippen LogP contribution in [0.1, 0.15) is 27.2 Å². The lowest BCUT2D eigenvalue weighted by molar-refractivity contribution is -0.152. The fourth-order valence-corrected chi connectivity index (χ4v) is 1.49. The van der Waals surface area contributed by atoms with Gasteiger partial charge in [0.15, 0.2) is 0 Å². The van der Waals surface area contributed by atoms with E-state index in [0.29, 0.717) is 11.5 Å². The second-order valence-corrected chi connectivity index (χ2v) is 4.21. The predicted octanol–water partition coefficient (Wildman–Crippen LogP) is 0.548. The molecule has 1 heterocycles. The van der Waals surface area contributed by atoms with Crippen LogP contribution in [0.5, 0.6) is 0 Å². The van der Waals surface area contributed by atoms with Crippen molar-refractivity contribution in [1.29, 1.82) is 0 Å². The first kappa shape index (κ1) is 13.8. The zero-order valence-corrected chi connectivity index (χ0v) is 9.16. The van der Waals surface area contributed by atoms with E-state index < -0.39 is 17.4 Å². The minimum atomic E-state index is -1.07. The third-order valence-corrected chi connectivity index (χ3v) is 2.22. The molecule has 0 aromatic rings. The summed E-state index contributed by atoms with van der Waals surface area (Å²) in [5, 5.41) is 9.04. The van der Waals surface area contributed by atoms with E-state index in [1.165, 1.54) is 6.92 Å². The Morgan fingerprint density at radius 1 is 1.53 bits per heavy atom. The minimum absolute atomic E-state index is 0.226.